The van der Waals surface area contributed by atoms with Crippen LogP contribution in [0, 0.1) is 5.82 Å². The molecule has 0 saturated carbocycles. The summed E-state index contributed by atoms with van der Waals surface area (Å²) in [6.07, 6.45) is 0. The van der Waals surface area contributed by atoms with E-state index in [1.807, 2.05) is 6.07 Å². The first-order valence-electron chi connectivity index (χ1n) is 6.02. The highest BCUT2D eigenvalue weighted by atomic mass is 19.1. The van der Waals surface area contributed by atoms with E-state index in [0.29, 0.717) is 17.9 Å². The monoisotopic (exact) mass is 257 g/mol. The maximum atomic E-state index is 12.9. The number of halogens is 1. The van der Waals surface area contributed by atoms with Gasteiger partial charge in [0.2, 0.25) is 0 Å². The van der Waals surface area contributed by atoms with Gasteiger partial charge in [-0.15, -0.1) is 0 Å². The quantitative estimate of drug-likeness (QED) is 0.853. The van der Waals surface area contributed by atoms with Crippen molar-refractivity contribution < 1.29 is 13.9 Å². The molecule has 4 heteroatoms. The maximum Gasteiger partial charge on any atom is 0.255 e. The van der Waals surface area contributed by atoms with Crippen molar-refractivity contribution in [3.05, 3.63) is 65.5 Å². The summed E-state index contributed by atoms with van der Waals surface area (Å²) in [4.78, 5) is 12.1. The largest absolute Gasteiger partial charge is 0.490 e. The van der Waals surface area contributed by atoms with E-state index in [0.717, 1.165) is 5.56 Å². The SMILES string of the molecule is O=C1NC(c2ccc(F)cc2)COc2ccccc21. The van der Waals surface area contributed by atoms with Crippen molar-refractivity contribution >= 4 is 5.91 Å². The van der Waals surface area contributed by atoms with Crippen molar-refractivity contribution in [2.24, 2.45) is 0 Å². The first-order valence-corrected chi connectivity index (χ1v) is 6.02. The second-order valence-corrected chi connectivity index (χ2v) is 4.38. The van der Waals surface area contributed by atoms with Gasteiger partial charge in [0.25, 0.3) is 5.91 Å². The molecule has 3 rings (SSSR count). The summed E-state index contributed by atoms with van der Waals surface area (Å²) in [5.41, 5.74) is 1.34. The van der Waals surface area contributed by atoms with Crippen LogP contribution in [-0.2, 0) is 0 Å². The van der Waals surface area contributed by atoms with Crippen molar-refractivity contribution in [3.8, 4) is 5.75 Å². The smallest absolute Gasteiger partial charge is 0.255 e. The Labute approximate surface area is 110 Å². The molecule has 0 spiro atoms. The molecule has 1 atom stereocenters. The van der Waals surface area contributed by atoms with Crippen LogP contribution in [0.25, 0.3) is 0 Å². The van der Waals surface area contributed by atoms with Crippen LogP contribution >= 0.6 is 0 Å². The molecule has 2 aromatic carbocycles. The third-order valence-corrected chi connectivity index (χ3v) is 3.11. The molecule has 1 unspecified atom stereocenters. The molecule has 0 saturated heterocycles. The summed E-state index contributed by atoms with van der Waals surface area (Å²) < 4.78 is 18.5. The molecule has 1 amide bonds. The molecule has 1 heterocycles. The highest BCUT2D eigenvalue weighted by molar-refractivity contribution is 5.97. The Morgan fingerprint density at radius 2 is 1.84 bits per heavy atom. The number of carbonyl (C=O) groups excluding carboxylic acids is 1. The van der Waals surface area contributed by atoms with Gasteiger partial charge in [-0.25, -0.2) is 4.39 Å². The van der Waals surface area contributed by atoms with E-state index in [9.17, 15) is 9.18 Å². The minimum atomic E-state index is -0.298. The number of carbonyl (C=O) groups is 1. The predicted octanol–water partition coefficient (Wildman–Crippen LogP) is 2.69. The van der Waals surface area contributed by atoms with Crippen LogP contribution in [0.15, 0.2) is 48.5 Å². The van der Waals surface area contributed by atoms with Crippen molar-refractivity contribution in [1.82, 2.24) is 5.32 Å². The van der Waals surface area contributed by atoms with Crippen LogP contribution in [0.1, 0.15) is 22.0 Å². The lowest BCUT2D eigenvalue weighted by Crippen LogP contribution is -2.29. The van der Waals surface area contributed by atoms with Crippen molar-refractivity contribution in [3.63, 3.8) is 0 Å². The van der Waals surface area contributed by atoms with Crippen molar-refractivity contribution in [2.75, 3.05) is 6.61 Å². The predicted molar refractivity (Wildman–Crippen MR) is 68.5 cm³/mol. The Morgan fingerprint density at radius 3 is 2.63 bits per heavy atom. The average molecular weight is 257 g/mol. The molecule has 0 fully saturated rings. The van der Waals surface area contributed by atoms with Crippen LogP contribution in [0.2, 0.25) is 0 Å². The van der Waals surface area contributed by atoms with E-state index in [-0.39, 0.29) is 17.8 Å². The Morgan fingerprint density at radius 1 is 1.11 bits per heavy atom. The zero-order valence-electron chi connectivity index (χ0n) is 10.1. The average Bonchev–Trinajstić information content (AvgIpc) is 2.60. The molecule has 1 aliphatic rings. The highest BCUT2D eigenvalue weighted by Gasteiger charge is 2.23. The minimum Gasteiger partial charge on any atom is -0.490 e. The summed E-state index contributed by atoms with van der Waals surface area (Å²) in [5.74, 6) is 0.0972. The van der Waals surface area contributed by atoms with Gasteiger partial charge in [0.15, 0.2) is 0 Å². The van der Waals surface area contributed by atoms with Crippen LogP contribution in [-0.4, -0.2) is 12.5 Å². The van der Waals surface area contributed by atoms with E-state index >= 15 is 0 Å². The molecule has 0 bridgehead atoms. The van der Waals surface area contributed by atoms with E-state index in [1.54, 1.807) is 30.3 Å². The summed E-state index contributed by atoms with van der Waals surface area (Å²) in [6, 6.07) is 12.9. The van der Waals surface area contributed by atoms with Gasteiger partial charge in [-0.1, -0.05) is 24.3 Å². The lowest BCUT2D eigenvalue weighted by molar-refractivity contribution is 0.0938. The molecule has 0 aliphatic carbocycles. The van der Waals surface area contributed by atoms with Gasteiger partial charge in [-0.3, -0.25) is 4.79 Å². The summed E-state index contributed by atoms with van der Waals surface area (Å²) in [5, 5.41) is 2.88. The Bertz CT molecular complexity index is 610. The van der Waals surface area contributed by atoms with E-state index in [2.05, 4.69) is 5.32 Å². The van der Waals surface area contributed by atoms with Crippen LogP contribution in [0.3, 0.4) is 0 Å². The molecule has 96 valence electrons. The number of hydrogen-bond donors (Lipinski definition) is 1. The number of nitrogens with one attached hydrogen (secondary N) is 1. The number of hydrogen-bond acceptors (Lipinski definition) is 2. The van der Waals surface area contributed by atoms with Gasteiger partial charge in [-0.05, 0) is 29.8 Å². The molecule has 2 aromatic rings. The van der Waals surface area contributed by atoms with Gasteiger partial charge in [-0.2, -0.15) is 0 Å². The van der Waals surface area contributed by atoms with Gasteiger partial charge in [0.1, 0.15) is 18.2 Å². The number of ether oxygens (including phenoxy) is 1. The number of amides is 1. The first-order chi connectivity index (χ1) is 9.24. The summed E-state index contributed by atoms with van der Waals surface area (Å²) in [7, 11) is 0. The van der Waals surface area contributed by atoms with Crippen molar-refractivity contribution in [2.45, 2.75) is 6.04 Å². The van der Waals surface area contributed by atoms with Gasteiger partial charge < -0.3 is 10.1 Å². The number of para-hydroxylation sites is 1. The summed E-state index contributed by atoms with van der Waals surface area (Å²) >= 11 is 0. The second-order valence-electron chi connectivity index (χ2n) is 4.38. The zero-order chi connectivity index (χ0) is 13.2. The Balaban J connectivity index is 1.89. The normalized spacial score (nSPS) is 17.9. The molecule has 1 aliphatic heterocycles. The lowest BCUT2D eigenvalue weighted by Gasteiger charge is -2.15. The van der Waals surface area contributed by atoms with Gasteiger partial charge in [0, 0.05) is 0 Å². The third-order valence-electron chi connectivity index (χ3n) is 3.11. The fourth-order valence-electron chi connectivity index (χ4n) is 2.11. The van der Waals surface area contributed by atoms with E-state index in [1.165, 1.54) is 12.1 Å². The number of rotatable bonds is 1. The van der Waals surface area contributed by atoms with Crippen LogP contribution in [0.5, 0.6) is 5.75 Å². The van der Waals surface area contributed by atoms with Gasteiger partial charge in [0.05, 0.1) is 11.6 Å². The molecule has 0 aromatic heterocycles. The van der Waals surface area contributed by atoms with Crippen LogP contribution in [0.4, 0.5) is 4.39 Å². The van der Waals surface area contributed by atoms with Crippen LogP contribution < -0.4 is 10.1 Å². The van der Waals surface area contributed by atoms with Crippen molar-refractivity contribution in [1.29, 1.82) is 0 Å². The van der Waals surface area contributed by atoms with E-state index in [4.69, 9.17) is 4.74 Å². The zero-order valence-corrected chi connectivity index (χ0v) is 10.1. The molecular weight excluding hydrogens is 245 g/mol. The Kier molecular flexibility index (Phi) is 2.91. The Hall–Kier alpha value is -2.36. The molecule has 1 N–H and O–H groups in total. The lowest BCUT2D eigenvalue weighted by atomic mass is 10.1. The molecule has 3 nitrogen and oxygen atoms in total. The number of fused-ring (bicyclic) bond motifs is 1. The van der Waals surface area contributed by atoms with Gasteiger partial charge >= 0.3 is 0 Å². The highest BCUT2D eigenvalue weighted by Crippen LogP contribution is 2.25. The standard InChI is InChI=1S/C15H12FNO2/c16-11-7-5-10(6-8-11)13-9-19-14-4-2-1-3-12(14)15(18)17-13/h1-8,13H,9H2,(H,17,18). The molecule has 0 radical (unpaired) electrons. The minimum absolute atomic E-state index is 0.178. The van der Waals surface area contributed by atoms with E-state index < -0.39 is 0 Å². The first kappa shape index (κ1) is 11.7. The second kappa shape index (κ2) is 4.72. The fourth-order valence-corrected chi connectivity index (χ4v) is 2.11. The topological polar surface area (TPSA) is 38.3 Å². The summed E-state index contributed by atoms with van der Waals surface area (Å²) in [6.45, 7) is 0.328. The fraction of sp³-hybridized carbons (Fsp3) is 0.133. The number of benzene rings is 2. The maximum absolute atomic E-state index is 12.9. The molecule has 19 heavy (non-hydrogen) atoms. The third kappa shape index (κ3) is 2.29. The molecular formula is C15H12FNO2.